The quantitative estimate of drug-likeness (QED) is 0.382. The summed E-state index contributed by atoms with van der Waals surface area (Å²) < 4.78 is 2.36. The molecule has 1 fully saturated rings. The summed E-state index contributed by atoms with van der Waals surface area (Å²) in [6.45, 7) is 6.94. The maximum absolute atomic E-state index is 11.4. The summed E-state index contributed by atoms with van der Waals surface area (Å²) in [5, 5.41) is 13.7. The van der Waals surface area contributed by atoms with Gasteiger partial charge in [-0.25, -0.2) is 15.4 Å². The number of anilines is 1. The highest BCUT2D eigenvalue weighted by Gasteiger charge is 2.21. The standard InChI is InChI=1S/C23H30N6O2/c1-2-9-29-16-19(20-5-3-4-6-21(20)29)13-24-12-17-7-10-28(11-8-17)23-25-14-18(15-26-23)22(30)27-31/h3-6,14-17,24,31H,2,7-13H2,1H3,(H,27,30). The van der Waals surface area contributed by atoms with Gasteiger partial charge in [0.15, 0.2) is 0 Å². The largest absolute Gasteiger partial charge is 0.347 e. The van der Waals surface area contributed by atoms with Crippen LogP contribution < -0.4 is 15.7 Å². The Bertz CT molecular complexity index is 1010. The van der Waals surface area contributed by atoms with Crippen LogP contribution in [0, 0.1) is 5.92 Å². The minimum absolute atomic E-state index is 0.241. The number of rotatable bonds is 8. The van der Waals surface area contributed by atoms with E-state index < -0.39 is 5.91 Å². The van der Waals surface area contributed by atoms with Crippen LogP contribution in [0.1, 0.15) is 42.1 Å². The Morgan fingerprint density at radius 3 is 2.65 bits per heavy atom. The van der Waals surface area contributed by atoms with Gasteiger partial charge in [-0.2, -0.15) is 0 Å². The number of amides is 1. The molecule has 1 saturated heterocycles. The molecule has 0 radical (unpaired) electrons. The highest BCUT2D eigenvalue weighted by Crippen LogP contribution is 2.23. The molecule has 1 aliphatic rings. The Labute approximate surface area is 182 Å². The van der Waals surface area contributed by atoms with Gasteiger partial charge in [-0.3, -0.25) is 10.0 Å². The summed E-state index contributed by atoms with van der Waals surface area (Å²) in [6, 6.07) is 8.64. The third kappa shape index (κ3) is 4.86. The van der Waals surface area contributed by atoms with Crippen molar-refractivity contribution in [3.8, 4) is 0 Å². The fourth-order valence-electron chi connectivity index (χ4n) is 4.30. The number of nitrogens with zero attached hydrogens (tertiary/aromatic N) is 4. The zero-order valence-corrected chi connectivity index (χ0v) is 17.9. The molecule has 3 N–H and O–H groups in total. The Morgan fingerprint density at radius 1 is 1.19 bits per heavy atom. The topological polar surface area (TPSA) is 95.3 Å². The molecule has 0 bridgehead atoms. The number of benzene rings is 1. The lowest BCUT2D eigenvalue weighted by Gasteiger charge is -2.32. The van der Waals surface area contributed by atoms with Gasteiger partial charge in [0.25, 0.3) is 5.91 Å². The van der Waals surface area contributed by atoms with Gasteiger partial charge in [-0.1, -0.05) is 25.1 Å². The number of hydroxylamine groups is 1. The van der Waals surface area contributed by atoms with E-state index in [9.17, 15) is 4.79 Å². The first-order valence-electron chi connectivity index (χ1n) is 11.0. The molecule has 0 unspecified atom stereocenters. The van der Waals surface area contributed by atoms with Crippen molar-refractivity contribution in [3.05, 3.63) is 54.0 Å². The van der Waals surface area contributed by atoms with Crippen molar-refractivity contribution >= 4 is 22.8 Å². The summed E-state index contributed by atoms with van der Waals surface area (Å²) in [6.07, 6.45) is 8.46. The molecule has 8 nitrogen and oxygen atoms in total. The molecular weight excluding hydrogens is 392 g/mol. The summed E-state index contributed by atoms with van der Waals surface area (Å²) in [7, 11) is 0. The smallest absolute Gasteiger partial charge is 0.277 e. The van der Waals surface area contributed by atoms with Crippen LogP contribution in [0.3, 0.4) is 0 Å². The molecule has 1 amide bonds. The average Bonchev–Trinajstić information content (AvgIpc) is 3.17. The second-order valence-electron chi connectivity index (χ2n) is 8.14. The number of hydrogen-bond acceptors (Lipinski definition) is 6. The summed E-state index contributed by atoms with van der Waals surface area (Å²) >= 11 is 0. The number of carbonyl (C=O) groups excluding carboxylic acids is 1. The minimum Gasteiger partial charge on any atom is -0.347 e. The molecule has 1 aromatic carbocycles. The molecule has 2 aromatic heterocycles. The van der Waals surface area contributed by atoms with Gasteiger partial charge in [0.05, 0.1) is 5.56 Å². The summed E-state index contributed by atoms with van der Waals surface area (Å²) in [5.41, 5.74) is 4.51. The van der Waals surface area contributed by atoms with Crippen LogP contribution in [0.25, 0.3) is 10.9 Å². The number of hydrogen-bond donors (Lipinski definition) is 3. The van der Waals surface area contributed by atoms with Crippen molar-refractivity contribution in [2.75, 3.05) is 24.5 Å². The van der Waals surface area contributed by atoms with Crippen LogP contribution in [0.2, 0.25) is 0 Å². The second-order valence-corrected chi connectivity index (χ2v) is 8.14. The van der Waals surface area contributed by atoms with Gasteiger partial charge >= 0.3 is 0 Å². The number of aromatic nitrogens is 3. The number of carbonyl (C=O) groups is 1. The molecule has 0 atom stereocenters. The third-order valence-electron chi connectivity index (χ3n) is 5.98. The van der Waals surface area contributed by atoms with Gasteiger partial charge in [0, 0.05) is 55.7 Å². The van der Waals surface area contributed by atoms with E-state index in [0.717, 1.165) is 52.0 Å². The fourth-order valence-corrected chi connectivity index (χ4v) is 4.30. The van der Waals surface area contributed by atoms with Crippen LogP contribution >= 0.6 is 0 Å². The number of nitrogens with one attached hydrogen (secondary N) is 2. The van der Waals surface area contributed by atoms with E-state index in [-0.39, 0.29) is 5.56 Å². The molecule has 0 saturated carbocycles. The van der Waals surface area contributed by atoms with Gasteiger partial charge < -0.3 is 14.8 Å². The zero-order chi connectivity index (χ0) is 21.6. The van der Waals surface area contributed by atoms with E-state index in [4.69, 9.17) is 5.21 Å². The first kappa shape index (κ1) is 21.3. The van der Waals surface area contributed by atoms with E-state index in [2.05, 4.69) is 62.1 Å². The molecule has 4 rings (SSSR count). The molecule has 31 heavy (non-hydrogen) atoms. The zero-order valence-electron chi connectivity index (χ0n) is 17.9. The van der Waals surface area contributed by atoms with Crippen molar-refractivity contribution in [1.82, 2.24) is 25.3 Å². The highest BCUT2D eigenvalue weighted by atomic mass is 16.5. The Morgan fingerprint density at radius 2 is 1.94 bits per heavy atom. The minimum atomic E-state index is -0.603. The molecule has 0 spiro atoms. The second kappa shape index (κ2) is 9.89. The number of para-hydroxylation sites is 1. The molecule has 8 heteroatoms. The van der Waals surface area contributed by atoms with Crippen LogP contribution in [-0.2, 0) is 13.1 Å². The maximum atomic E-state index is 11.4. The first-order chi connectivity index (χ1) is 15.2. The van der Waals surface area contributed by atoms with Crippen LogP contribution in [-0.4, -0.2) is 45.3 Å². The normalized spacial score (nSPS) is 14.8. The van der Waals surface area contributed by atoms with Crippen LogP contribution in [0.5, 0.6) is 0 Å². The highest BCUT2D eigenvalue weighted by molar-refractivity contribution is 5.92. The van der Waals surface area contributed by atoms with Crippen molar-refractivity contribution < 1.29 is 10.0 Å². The first-order valence-corrected chi connectivity index (χ1v) is 11.0. The summed E-state index contributed by atoms with van der Waals surface area (Å²) in [5.74, 6) is 0.651. The Hall–Kier alpha value is -2.97. The molecule has 3 aromatic rings. The lowest BCUT2D eigenvalue weighted by Crippen LogP contribution is -2.38. The van der Waals surface area contributed by atoms with Crippen molar-refractivity contribution in [1.29, 1.82) is 0 Å². The number of fused-ring (bicyclic) bond motifs is 1. The van der Waals surface area contributed by atoms with E-state index in [1.165, 1.54) is 28.9 Å². The fraction of sp³-hybridized carbons (Fsp3) is 0.435. The lowest BCUT2D eigenvalue weighted by atomic mass is 9.97. The van der Waals surface area contributed by atoms with Crippen LogP contribution in [0.15, 0.2) is 42.9 Å². The van der Waals surface area contributed by atoms with Gasteiger partial charge in [0.2, 0.25) is 5.95 Å². The van der Waals surface area contributed by atoms with Gasteiger partial charge in [0.1, 0.15) is 0 Å². The molecule has 0 aliphatic carbocycles. The monoisotopic (exact) mass is 422 g/mol. The summed E-state index contributed by atoms with van der Waals surface area (Å²) in [4.78, 5) is 22.1. The predicted molar refractivity (Wildman–Crippen MR) is 120 cm³/mol. The van der Waals surface area contributed by atoms with E-state index in [1.807, 2.05) is 0 Å². The Kier molecular flexibility index (Phi) is 6.79. The maximum Gasteiger partial charge on any atom is 0.277 e. The van der Waals surface area contributed by atoms with E-state index in [0.29, 0.717) is 11.9 Å². The number of aryl methyl sites for hydroxylation is 1. The molecule has 164 valence electrons. The molecule has 1 aliphatic heterocycles. The SMILES string of the molecule is CCCn1cc(CNCC2CCN(c3ncc(C(=O)NO)cn3)CC2)c2ccccc21. The van der Waals surface area contributed by atoms with Crippen molar-refractivity contribution in [2.45, 2.75) is 39.3 Å². The van der Waals surface area contributed by atoms with Crippen molar-refractivity contribution in [3.63, 3.8) is 0 Å². The molecular formula is C23H30N6O2. The number of piperidine rings is 1. The lowest BCUT2D eigenvalue weighted by molar-refractivity contribution is 0.0705. The van der Waals surface area contributed by atoms with Gasteiger partial charge in [-0.05, 0) is 43.4 Å². The predicted octanol–water partition coefficient (Wildman–Crippen LogP) is 2.97. The third-order valence-corrected chi connectivity index (χ3v) is 5.98. The van der Waals surface area contributed by atoms with E-state index in [1.54, 1.807) is 5.48 Å². The van der Waals surface area contributed by atoms with Gasteiger partial charge in [-0.15, -0.1) is 0 Å². The Balaban J connectivity index is 1.27. The average molecular weight is 423 g/mol. The van der Waals surface area contributed by atoms with Crippen LogP contribution in [0.4, 0.5) is 5.95 Å². The van der Waals surface area contributed by atoms with E-state index >= 15 is 0 Å². The van der Waals surface area contributed by atoms with Crippen molar-refractivity contribution in [2.24, 2.45) is 5.92 Å². The molecule has 3 heterocycles.